The maximum absolute atomic E-state index is 4.28. The van der Waals surface area contributed by atoms with E-state index < -0.39 is 0 Å². The molecule has 0 fully saturated rings. The van der Waals surface area contributed by atoms with Crippen LogP contribution in [0.1, 0.15) is 289 Å². The fourth-order valence-corrected chi connectivity index (χ4v) is 9.35. The van der Waals surface area contributed by atoms with Gasteiger partial charge in [-0.05, 0) is 74.6 Å². The molecule has 0 saturated carbocycles. The summed E-state index contributed by atoms with van der Waals surface area (Å²) >= 11 is 0. The first kappa shape index (κ1) is 72.2. The van der Waals surface area contributed by atoms with Crippen LogP contribution in [0.25, 0.3) is 5.57 Å². The van der Waals surface area contributed by atoms with Crippen LogP contribution in [0.3, 0.4) is 0 Å². The first-order chi connectivity index (χ1) is 32.4. The average Bonchev–Trinajstić information content (AvgIpc) is 3.29. The lowest BCUT2D eigenvalue weighted by molar-refractivity contribution is -0.870. The summed E-state index contributed by atoms with van der Waals surface area (Å²) in [6.07, 6.45) is 66.5. The SMILES string of the molecule is CCCCCCCCCCCCCCCC[N+](C)(C)C.CCCCCCCCCCCCCCCC[N+](C)(C)C.CCCCCCCCCCCCCCN1C=CC(c2ccnc(C)c2)=CC1.[Cl-].[Cl-]. The van der Waals surface area contributed by atoms with Gasteiger partial charge in [-0.3, -0.25) is 4.98 Å². The van der Waals surface area contributed by atoms with Crippen LogP contribution in [0.15, 0.2) is 36.7 Å². The number of hydrogen-bond donors (Lipinski definition) is 0. The van der Waals surface area contributed by atoms with Gasteiger partial charge in [0.1, 0.15) is 0 Å². The van der Waals surface area contributed by atoms with E-state index in [0.29, 0.717) is 0 Å². The fraction of sp³-hybridized carbons (Fsp3) is 0.857. The lowest BCUT2D eigenvalue weighted by Gasteiger charge is -2.23. The molecule has 1 aromatic heterocycles. The molecule has 410 valence electrons. The van der Waals surface area contributed by atoms with E-state index in [1.54, 1.807) is 0 Å². The summed E-state index contributed by atoms with van der Waals surface area (Å²) in [5.74, 6) is 0. The van der Waals surface area contributed by atoms with E-state index in [1.807, 2.05) is 6.20 Å². The van der Waals surface area contributed by atoms with Crippen LogP contribution in [0.4, 0.5) is 0 Å². The number of hydrogen-bond acceptors (Lipinski definition) is 2. The highest BCUT2D eigenvalue weighted by Crippen LogP contribution is 2.21. The zero-order chi connectivity index (χ0) is 49.4. The molecule has 0 atom stereocenters. The van der Waals surface area contributed by atoms with Crippen molar-refractivity contribution >= 4 is 5.57 Å². The molecule has 0 amide bonds. The van der Waals surface area contributed by atoms with Crippen molar-refractivity contribution in [2.45, 2.75) is 285 Å². The van der Waals surface area contributed by atoms with Crippen LogP contribution in [0, 0.1) is 6.92 Å². The van der Waals surface area contributed by atoms with E-state index in [0.717, 1.165) is 21.2 Å². The van der Waals surface area contributed by atoms with Crippen molar-refractivity contribution in [3.8, 4) is 0 Å². The van der Waals surface area contributed by atoms with Gasteiger partial charge in [0.05, 0.1) is 55.4 Å². The molecule has 2 heterocycles. The number of aryl methyl sites for hydroxylation is 1. The van der Waals surface area contributed by atoms with Crippen LogP contribution in [-0.4, -0.2) is 87.3 Å². The van der Waals surface area contributed by atoms with Gasteiger partial charge in [-0.25, -0.2) is 0 Å². The van der Waals surface area contributed by atoms with E-state index in [4.69, 9.17) is 0 Å². The second-order valence-corrected chi connectivity index (χ2v) is 23.3. The molecule has 1 aliphatic heterocycles. The molecular formula is C63H124Cl2N4. The predicted molar refractivity (Wildman–Crippen MR) is 305 cm³/mol. The third-order valence-electron chi connectivity index (χ3n) is 13.9. The number of rotatable bonds is 44. The maximum atomic E-state index is 4.28. The summed E-state index contributed by atoms with van der Waals surface area (Å²) in [6, 6.07) is 4.26. The Hall–Kier alpha value is -1.07. The minimum atomic E-state index is 0. The molecular weight excluding hydrogens is 884 g/mol. The van der Waals surface area contributed by atoms with Gasteiger partial charge < -0.3 is 38.7 Å². The Labute approximate surface area is 447 Å². The number of nitrogens with zero attached hydrogens (tertiary/aromatic N) is 4. The summed E-state index contributed by atoms with van der Waals surface area (Å²) in [4.78, 5) is 6.72. The lowest BCUT2D eigenvalue weighted by atomic mass is 10.0. The third kappa shape index (κ3) is 56.1. The van der Waals surface area contributed by atoms with E-state index >= 15 is 0 Å². The van der Waals surface area contributed by atoms with Crippen molar-refractivity contribution in [1.29, 1.82) is 0 Å². The lowest BCUT2D eigenvalue weighted by Crippen LogP contribution is -3.00. The third-order valence-corrected chi connectivity index (χ3v) is 13.9. The zero-order valence-corrected chi connectivity index (χ0v) is 50.1. The summed E-state index contributed by atoms with van der Waals surface area (Å²) in [6.45, 7) is 13.8. The summed E-state index contributed by atoms with van der Waals surface area (Å²) in [5.41, 5.74) is 3.69. The molecule has 0 saturated heterocycles. The van der Waals surface area contributed by atoms with E-state index in [2.05, 4.69) is 110 Å². The highest BCUT2D eigenvalue weighted by molar-refractivity contribution is 5.74. The molecule has 69 heavy (non-hydrogen) atoms. The number of allylic oxidation sites excluding steroid dienone is 2. The van der Waals surface area contributed by atoms with Crippen molar-refractivity contribution in [2.24, 2.45) is 0 Å². The topological polar surface area (TPSA) is 16.1 Å². The van der Waals surface area contributed by atoms with Crippen LogP contribution in [0.2, 0.25) is 0 Å². The maximum Gasteiger partial charge on any atom is 0.0780 e. The normalized spacial score (nSPS) is 12.4. The second-order valence-electron chi connectivity index (χ2n) is 23.3. The largest absolute Gasteiger partial charge is 1.00 e. The average molecular weight is 1010 g/mol. The quantitative estimate of drug-likeness (QED) is 0.0478. The number of unbranched alkanes of at least 4 members (excludes halogenated alkanes) is 37. The number of quaternary nitrogens is 2. The number of pyridine rings is 1. The van der Waals surface area contributed by atoms with E-state index in [1.165, 1.54) is 288 Å². The zero-order valence-electron chi connectivity index (χ0n) is 48.6. The molecule has 0 N–H and O–H groups in total. The summed E-state index contributed by atoms with van der Waals surface area (Å²) < 4.78 is 2.25. The molecule has 6 heteroatoms. The Morgan fingerprint density at radius 2 is 0.710 bits per heavy atom. The Morgan fingerprint density at radius 3 is 0.971 bits per heavy atom. The van der Waals surface area contributed by atoms with Gasteiger partial charge in [0, 0.05) is 25.0 Å². The Morgan fingerprint density at radius 1 is 0.420 bits per heavy atom. The van der Waals surface area contributed by atoms with Gasteiger partial charge in [-0.15, -0.1) is 0 Å². The highest BCUT2D eigenvalue weighted by Gasteiger charge is 2.08. The van der Waals surface area contributed by atoms with Gasteiger partial charge in [-0.2, -0.15) is 0 Å². The van der Waals surface area contributed by atoms with E-state index in [-0.39, 0.29) is 24.8 Å². The predicted octanol–water partition coefficient (Wildman–Crippen LogP) is 13.7. The molecule has 0 aliphatic carbocycles. The molecule has 0 spiro atoms. The van der Waals surface area contributed by atoms with Gasteiger partial charge in [0.2, 0.25) is 0 Å². The molecule has 1 aromatic rings. The summed E-state index contributed by atoms with van der Waals surface area (Å²) in [5, 5.41) is 0. The van der Waals surface area contributed by atoms with Crippen molar-refractivity contribution in [3.63, 3.8) is 0 Å². The second kappa shape index (κ2) is 53.2. The molecule has 2 rings (SSSR count). The van der Waals surface area contributed by atoms with E-state index in [9.17, 15) is 0 Å². The van der Waals surface area contributed by atoms with Gasteiger partial charge in [0.25, 0.3) is 0 Å². The van der Waals surface area contributed by atoms with Crippen LogP contribution < -0.4 is 24.8 Å². The Balaban J connectivity index is -0.000000952. The van der Waals surface area contributed by atoms with Crippen LogP contribution >= 0.6 is 0 Å². The summed E-state index contributed by atoms with van der Waals surface area (Å²) in [7, 11) is 13.8. The minimum absolute atomic E-state index is 0. The monoisotopic (exact) mass is 1010 g/mol. The number of halogens is 2. The van der Waals surface area contributed by atoms with Gasteiger partial charge in [-0.1, -0.05) is 252 Å². The molecule has 0 radical (unpaired) electrons. The first-order valence-electron chi connectivity index (χ1n) is 30.1. The van der Waals surface area contributed by atoms with Crippen molar-refractivity contribution < 1.29 is 33.8 Å². The van der Waals surface area contributed by atoms with Gasteiger partial charge in [0.15, 0.2) is 0 Å². The van der Waals surface area contributed by atoms with Crippen molar-refractivity contribution in [2.75, 3.05) is 68.5 Å². The number of aromatic nitrogens is 1. The first-order valence-corrected chi connectivity index (χ1v) is 30.1. The highest BCUT2D eigenvalue weighted by atomic mass is 35.5. The Bertz CT molecular complexity index is 1180. The van der Waals surface area contributed by atoms with Crippen molar-refractivity contribution in [3.05, 3.63) is 47.9 Å². The smallest absolute Gasteiger partial charge is 0.0780 e. The standard InChI is InChI=1S/C25H40N2.2C19H42N.2ClH/c1-3-4-5-6-7-8-9-10-11-12-13-14-19-27-20-16-24(17-21-27)25-15-18-26-23(2)22-25;2*1-5-6-7-8-9-10-11-12-13-14-15-16-17-18-19-20(2,3)4;;/h15-18,20,22H,3-14,19,21H2,1-2H3;2*5-19H2,1-4H3;2*1H/q;2*+1;;/p-2. The van der Waals surface area contributed by atoms with Crippen LogP contribution in [-0.2, 0) is 0 Å². The van der Waals surface area contributed by atoms with Crippen LogP contribution in [0.5, 0.6) is 0 Å². The molecule has 1 aliphatic rings. The molecule has 0 aromatic carbocycles. The van der Waals surface area contributed by atoms with Gasteiger partial charge >= 0.3 is 0 Å². The Kier molecular flexibility index (Phi) is 55.7. The fourth-order valence-electron chi connectivity index (χ4n) is 9.35. The molecule has 0 bridgehead atoms. The molecule has 4 nitrogen and oxygen atoms in total. The van der Waals surface area contributed by atoms with Crippen molar-refractivity contribution in [1.82, 2.24) is 9.88 Å². The minimum Gasteiger partial charge on any atom is -1.00 e. The molecule has 0 unspecified atom stereocenters.